The summed E-state index contributed by atoms with van der Waals surface area (Å²) in [7, 11) is 0. The van der Waals surface area contributed by atoms with Crippen molar-refractivity contribution in [3.8, 4) is 28.3 Å². The molecule has 3 heteroatoms. The lowest BCUT2D eigenvalue weighted by atomic mass is 10.00. The highest BCUT2D eigenvalue weighted by molar-refractivity contribution is 5.75. The van der Waals surface area contributed by atoms with Gasteiger partial charge in [0.1, 0.15) is 5.75 Å². The van der Waals surface area contributed by atoms with Crippen LogP contribution in [0.15, 0.2) is 78.9 Å². The zero-order valence-electron chi connectivity index (χ0n) is 15.3. The van der Waals surface area contributed by atoms with Crippen LogP contribution >= 0.6 is 0 Å². The molecule has 0 spiro atoms. The van der Waals surface area contributed by atoms with Gasteiger partial charge in [0.05, 0.1) is 17.9 Å². The van der Waals surface area contributed by atoms with Gasteiger partial charge in [0.2, 0.25) is 0 Å². The van der Waals surface area contributed by atoms with Crippen LogP contribution in [-0.4, -0.2) is 14.9 Å². The molecule has 0 aliphatic heterocycles. The van der Waals surface area contributed by atoms with Gasteiger partial charge < -0.3 is 5.11 Å². The van der Waals surface area contributed by atoms with Gasteiger partial charge in [0, 0.05) is 16.7 Å². The number of nitrogens with zero attached hydrogens (tertiary/aromatic N) is 2. The van der Waals surface area contributed by atoms with Crippen LogP contribution < -0.4 is 0 Å². The highest BCUT2D eigenvalue weighted by atomic mass is 16.3. The average Bonchev–Trinajstić information content (AvgIpc) is 3.08. The third kappa shape index (κ3) is 3.49. The van der Waals surface area contributed by atoms with Gasteiger partial charge in [-0.15, -0.1) is 0 Å². The van der Waals surface area contributed by atoms with Crippen molar-refractivity contribution < 1.29 is 5.11 Å². The Bertz CT molecular complexity index is 1020. The molecular formula is C24H21N2O. The first kappa shape index (κ1) is 17.1. The number of hydrogen-bond acceptors (Lipinski definition) is 2. The first-order chi connectivity index (χ1) is 13.3. The van der Waals surface area contributed by atoms with E-state index in [1.54, 1.807) is 12.1 Å². The summed E-state index contributed by atoms with van der Waals surface area (Å²) in [6, 6.07) is 28.7. The largest absolute Gasteiger partial charge is 0.508 e. The van der Waals surface area contributed by atoms with E-state index in [-0.39, 0.29) is 5.75 Å². The third-order valence-electron chi connectivity index (χ3n) is 4.71. The Morgan fingerprint density at radius 3 is 2.26 bits per heavy atom. The number of aromatic nitrogens is 2. The van der Waals surface area contributed by atoms with E-state index in [2.05, 4.69) is 41.9 Å². The topological polar surface area (TPSA) is 38.0 Å². The minimum atomic E-state index is 0.268. The molecule has 0 saturated heterocycles. The van der Waals surface area contributed by atoms with Crippen molar-refractivity contribution in [2.75, 3.05) is 0 Å². The van der Waals surface area contributed by atoms with Crippen molar-refractivity contribution in [3.05, 3.63) is 96.1 Å². The zero-order valence-corrected chi connectivity index (χ0v) is 15.3. The van der Waals surface area contributed by atoms with Gasteiger partial charge >= 0.3 is 0 Å². The van der Waals surface area contributed by atoms with E-state index < -0.39 is 0 Å². The molecule has 0 bridgehead atoms. The molecule has 1 radical (unpaired) electrons. The molecule has 4 aromatic rings. The lowest BCUT2D eigenvalue weighted by Crippen LogP contribution is -2.04. The molecule has 0 atom stereocenters. The second kappa shape index (κ2) is 7.50. The molecule has 133 valence electrons. The predicted molar refractivity (Wildman–Crippen MR) is 109 cm³/mol. The van der Waals surface area contributed by atoms with Crippen LogP contribution in [0.2, 0.25) is 0 Å². The molecule has 3 nitrogen and oxygen atoms in total. The molecule has 1 heterocycles. The maximum atomic E-state index is 9.69. The van der Waals surface area contributed by atoms with E-state index in [0.29, 0.717) is 6.54 Å². The first-order valence-electron chi connectivity index (χ1n) is 9.15. The maximum Gasteiger partial charge on any atom is 0.115 e. The molecule has 27 heavy (non-hydrogen) atoms. The van der Waals surface area contributed by atoms with Gasteiger partial charge in [-0.05, 0) is 42.3 Å². The van der Waals surface area contributed by atoms with E-state index in [9.17, 15) is 5.11 Å². The molecule has 1 N–H and O–H groups in total. The van der Waals surface area contributed by atoms with Gasteiger partial charge in [-0.1, -0.05) is 61.5 Å². The lowest BCUT2D eigenvalue weighted by molar-refractivity contribution is 0.475. The smallest absolute Gasteiger partial charge is 0.115 e. The summed E-state index contributed by atoms with van der Waals surface area (Å²) in [5.74, 6) is 0.268. The summed E-state index contributed by atoms with van der Waals surface area (Å²) in [4.78, 5) is 0. The van der Waals surface area contributed by atoms with Crippen molar-refractivity contribution in [3.63, 3.8) is 0 Å². The summed E-state index contributed by atoms with van der Waals surface area (Å²) >= 11 is 0. The minimum absolute atomic E-state index is 0.268. The quantitative estimate of drug-likeness (QED) is 0.526. The Morgan fingerprint density at radius 1 is 0.889 bits per heavy atom. The highest BCUT2D eigenvalue weighted by Crippen LogP contribution is 2.34. The van der Waals surface area contributed by atoms with Crippen LogP contribution in [0.1, 0.15) is 18.1 Å². The second-order valence-electron chi connectivity index (χ2n) is 6.51. The molecule has 0 unspecified atom stereocenters. The van der Waals surface area contributed by atoms with E-state index >= 15 is 0 Å². The average molecular weight is 353 g/mol. The van der Waals surface area contributed by atoms with E-state index in [4.69, 9.17) is 5.10 Å². The summed E-state index contributed by atoms with van der Waals surface area (Å²) < 4.78 is 2.08. The fraction of sp³-hybridized carbons (Fsp3) is 0.125. The number of hydrogen-bond donors (Lipinski definition) is 1. The number of benzene rings is 3. The fourth-order valence-electron chi connectivity index (χ4n) is 3.42. The van der Waals surface area contributed by atoms with Crippen molar-refractivity contribution >= 4 is 0 Å². The molecule has 4 rings (SSSR count). The Kier molecular flexibility index (Phi) is 4.75. The van der Waals surface area contributed by atoms with E-state index in [0.717, 1.165) is 28.9 Å². The van der Waals surface area contributed by atoms with Crippen molar-refractivity contribution in [1.82, 2.24) is 9.78 Å². The third-order valence-corrected chi connectivity index (χ3v) is 4.71. The Labute approximate surface area is 159 Å². The van der Waals surface area contributed by atoms with Crippen LogP contribution in [0.5, 0.6) is 5.75 Å². The molecular weight excluding hydrogens is 332 g/mol. The number of phenolic OH excluding ortho intramolecular Hbond substituents is 1. The Balaban J connectivity index is 1.90. The van der Waals surface area contributed by atoms with E-state index in [1.807, 2.05) is 42.5 Å². The monoisotopic (exact) mass is 353 g/mol. The minimum Gasteiger partial charge on any atom is -0.508 e. The lowest BCUT2D eigenvalue weighted by Gasteiger charge is -2.10. The van der Waals surface area contributed by atoms with Gasteiger partial charge in [-0.2, -0.15) is 5.10 Å². The first-order valence-corrected chi connectivity index (χ1v) is 9.15. The molecule has 0 aliphatic rings. The summed E-state index contributed by atoms with van der Waals surface area (Å²) in [6.07, 6.45) is 0.874. The zero-order chi connectivity index (χ0) is 18.6. The van der Waals surface area contributed by atoms with Gasteiger partial charge in [0.25, 0.3) is 0 Å². The Hall–Kier alpha value is -3.33. The molecule has 0 amide bonds. The number of rotatable bonds is 5. The molecule has 0 aliphatic carbocycles. The van der Waals surface area contributed by atoms with Crippen LogP contribution in [0.3, 0.4) is 0 Å². The fourth-order valence-corrected chi connectivity index (χ4v) is 3.42. The predicted octanol–water partition coefficient (Wildman–Crippen LogP) is 5.33. The summed E-state index contributed by atoms with van der Waals surface area (Å²) in [5.41, 5.74) is 6.67. The standard InChI is InChI=1S/C24H21N2O/c1-2-22-23(19-11-7-4-8-12-19)25-26(17-18-9-5-3-6-10-18)24(22)20-13-15-21(27)16-14-20/h3,5-16,27H,2,17H2,1H3. The SMILES string of the molecule is CCc1c(-c2cc[c]cc2)nn(Cc2ccccc2)c1-c1ccc(O)cc1. The van der Waals surface area contributed by atoms with Crippen LogP contribution in [0, 0.1) is 6.07 Å². The van der Waals surface area contributed by atoms with Crippen molar-refractivity contribution in [2.45, 2.75) is 19.9 Å². The molecule has 0 saturated carbocycles. The summed E-state index contributed by atoms with van der Waals surface area (Å²) in [5, 5.41) is 14.7. The highest BCUT2D eigenvalue weighted by Gasteiger charge is 2.19. The number of aromatic hydroxyl groups is 1. The molecule has 1 aromatic heterocycles. The van der Waals surface area contributed by atoms with Gasteiger partial charge in [-0.3, -0.25) is 4.68 Å². The number of phenols is 1. The summed E-state index contributed by atoms with van der Waals surface area (Å²) in [6.45, 7) is 2.86. The molecule has 3 aromatic carbocycles. The van der Waals surface area contributed by atoms with Crippen LogP contribution in [0.25, 0.3) is 22.5 Å². The van der Waals surface area contributed by atoms with Crippen LogP contribution in [0.4, 0.5) is 0 Å². The van der Waals surface area contributed by atoms with Crippen molar-refractivity contribution in [1.29, 1.82) is 0 Å². The van der Waals surface area contributed by atoms with Crippen LogP contribution in [-0.2, 0) is 13.0 Å². The maximum absolute atomic E-state index is 9.69. The van der Waals surface area contributed by atoms with Gasteiger partial charge in [-0.25, -0.2) is 0 Å². The normalized spacial score (nSPS) is 10.9. The van der Waals surface area contributed by atoms with E-state index in [1.165, 1.54) is 11.1 Å². The van der Waals surface area contributed by atoms with Gasteiger partial charge in [0.15, 0.2) is 0 Å². The Morgan fingerprint density at radius 2 is 1.59 bits per heavy atom. The second-order valence-corrected chi connectivity index (χ2v) is 6.51. The van der Waals surface area contributed by atoms with Crippen molar-refractivity contribution in [2.24, 2.45) is 0 Å². The molecule has 0 fully saturated rings.